The van der Waals surface area contributed by atoms with Gasteiger partial charge in [0.2, 0.25) is 0 Å². The molecule has 1 saturated carbocycles. The molecule has 4 rings (SSSR count). The molecule has 1 fully saturated rings. The summed E-state index contributed by atoms with van der Waals surface area (Å²) in [4.78, 5) is 3.49. The molecule has 0 radical (unpaired) electrons. The van der Waals surface area contributed by atoms with Crippen LogP contribution >= 0.6 is 22.7 Å². The average molecular weight is 428 g/mol. The van der Waals surface area contributed by atoms with E-state index in [9.17, 15) is 5.11 Å². The zero-order valence-corrected chi connectivity index (χ0v) is 18.9. The summed E-state index contributed by atoms with van der Waals surface area (Å²) < 4.78 is 6.07. The number of nitrogens with zero attached hydrogens (tertiary/aromatic N) is 1. The fourth-order valence-corrected chi connectivity index (χ4v) is 6.66. The van der Waals surface area contributed by atoms with Crippen LogP contribution in [0.25, 0.3) is 0 Å². The van der Waals surface area contributed by atoms with Crippen molar-refractivity contribution in [1.29, 1.82) is 0 Å². The van der Waals surface area contributed by atoms with Crippen molar-refractivity contribution in [1.82, 2.24) is 4.90 Å². The van der Waals surface area contributed by atoms with Crippen molar-refractivity contribution >= 4 is 22.7 Å². The fourth-order valence-electron chi connectivity index (χ4n) is 5.06. The lowest BCUT2D eigenvalue weighted by Crippen LogP contribution is -2.59. The van der Waals surface area contributed by atoms with Gasteiger partial charge in [-0.25, -0.2) is 0 Å². The number of benzene rings is 1. The Kier molecular flexibility index (Phi) is 5.85. The molecular formula is C24H29NO2S2. The molecule has 3 aromatic rings. The van der Waals surface area contributed by atoms with E-state index in [-0.39, 0.29) is 11.3 Å². The van der Waals surface area contributed by atoms with E-state index in [1.165, 1.54) is 4.88 Å². The van der Waals surface area contributed by atoms with Crippen LogP contribution < -0.4 is 4.74 Å². The Labute approximate surface area is 181 Å². The van der Waals surface area contributed by atoms with E-state index in [0.29, 0.717) is 0 Å². The van der Waals surface area contributed by atoms with Gasteiger partial charge in [-0.3, -0.25) is 0 Å². The lowest BCUT2D eigenvalue weighted by Gasteiger charge is -2.55. The largest absolute Gasteiger partial charge is 0.447 e. The molecular weight excluding hydrogens is 398 g/mol. The third-order valence-electron chi connectivity index (χ3n) is 6.25. The van der Waals surface area contributed by atoms with Crippen LogP contribution in [-0.4, -0.2) is 30.6 Å². The number of thiophene rings is 2. The van der Waals surface area contributed by atoms with E-state index in [0.717, 1.165) is 42.2 Å². The van der Waals surface area contributed by atoms with Gasteiger partial charge in [0.05, 0.1) is 5.41 Å². The van der Waals surface area contributed by atoms with Gasteiger partial charge >= 0.3 is 0 Å². The highest BCUT2D eigenvalue weighted by atomic mass is 32.1. The number of hydrogen-bond acceptors (Lipinski definition) is 5. The first kappa shape index (κ1) is 20.6. The summed E-state index contributed by atoms with van der Waals surface area (Å²) in [5, 5.41) is 17.5. The molecule has 1 aliphatic rings. The average Bonchev–Trinajstić information content (AvgIpc) is 3.39. The maximum Gasteiger partial charge on any atom is 0.180 e. The molecule has 0 bridgehead atoms. The van der Waals surface area contributed by atoms with Crippen molar-refractivity contribution < 1.29 is 9.84 Å². The highest BCUT2D eigenvalue weighted by Crippen LogP contribution is 2.56. The third-order valence-corrected chi connectivity index (χ3v) is 8.07. The van der Waals surface area contributed by atoms with Crippen molar-refractivity contribution in [3.63, 3.8) is 0 Å². The lowest BCUT2D eigenvalue weighted by molar-refractivity contribution is -0.122. The first-order valence-corrected chi connectivity index (χ1v) is 11.9. The summed E-state index contributed by atoms with van der Waals surface area (Å²) >= 11 is 3.34. The van der Waals surface area contributed by atoms with Crippen LogP contribution in [0.5, 0.6) is 10.8 Å². The van der Waals surface area contributed by atoms with Gasteiger partial charge in [-0.15, -0.1) is 22.7 Å². The molecule has 3 unspecified atom stereocenters. The van der Waals surface area contributed by atoms with Crippen LogP contribution in [0.2, 0.25) is 0 Å². The molecule has 1 N–H and O–H groups in total. The number of rotatable bonds is 6. The van der Waals surface area contributed by atoms with E-state index >= 15 is 0 Å². The predicted molar refractivity (Wildman–Crippen MR) is 122 cm³/mol. The molecule has 1 aromatic carbocycles. The SMILES string of the molecule is CC1CCCC(CN(C)C)(c2cccs2)C1(O)c1cccc(Oc2cccs2)c1. The van der Waals surface area contributed by atoms with E-state index in [1.54, 1.807) is 22.7 Å². The number of hydrogen-bond donors (Lipinski definition) is 1. The summed E-state index contributed by atoms with van der Waals surface area (Å²) in [6.07, 6.45) is 3.12. The van der Waals surface area contributed by atoms with Gasteiger partial charge in [0.1, 0.15) is 11.4 Å². The standard InChI is InChI=1S/C24H29NO2S2/c1-18-8-5-13-23(17-25(2)3,21-11-6-14-28-21)24(18,26)19-9-4-10-20(16-19)27-22-12-7-15-29-22/h4,6-7,9-12,14-16,18,26H,5,8,13,17H2,1-3H3. The second-order valence-corrected chi connectivity index (χ2v) is 10.3. The molecule has 0 amide bonds. The van der Waals surface area contributed by atoms with Gasteiger partial charge in [-0.2, -0.15) is 0 Å². The molecule has 29 heavy (non-hydrogen) atoms. The highest BCUT2D eigenvalue weighted by molar-refractivity contribution is 7.11. The summed E-state index contributed by atoms with van der Waals surface area (Å²) in [6, 6.07) is 16.3. The zero-order chi connectivity index (χ0) is 20.5. The Hall–Kier alpha value is -1.66. The Morgan fingerprint density at radius 2 is 1.90 bits per heavy atom. The molecule has 0 saturated heterocycles. The van der Waals surface area contributed by atoms with E-state index in [2.05, 4.69) is 49.5 Å². The summed E-state index contributed by atoms with van der Waals surface area (Å²) in [5.41, 5.74) is -0.354. The van der Waals surface area contributed by atoms with E-state index < -0.39 is 5.60 Å². The maximum atomic E-state index is 12.5. The minimum absolute atomic E-state index is 0.148. The van der Waals surface area contributed by atoms with Gasteiger partial charge in [-0.1, -0.05) is 31.5 Å². The van der Waals surface area contributed by atoms with Gasteiger partial charge in [0, 0.05) is 11.4 Å². The molecule has 1 aliphatic carbocycles. The van der Waals surface area contributed by atoms with Gasteiger partial charge < -0.3 is 14.7 Å². The van der Waals surface area contributed by atoms with Crippen LogP contribution in [0.3, 0.4) is 0 Å². The van der Waals surface area contributed by atoms with E-state index in [4.69, 9.17) is 4.74 Å². The van der Waals surface area contributed by atoms with Crippen LogP contribution in [0.15, 0.2) is 59.3 Å². The molecule has 154 valence electrons. The summed E-state index contributed by atoms with van der Waals surface area (Å²) in [6.45, 7) is 3.01. The van der Waals surface area contributed by atoms with Crippen molar-refractivity contribution in [2.75, 3.05) is 20.6 Å². The Balaban J connectivity index is 1.83. The second kappa shape index (κ2) is 8.23. The van der Waals surface area contributed by atoms with Crippen molar-refractivity contribution in [2.24, 2.45) is 5.92 Å². The fraction of sp³-hybridized carbons (Fsp3) is 0.417. The summed E-state index contributed by atoms with van der Waals surface area (Å²) in [5.74, 6) is 0.927. The van der Waals surface area contributed by atoms with Crippen LogP contribution in [0.1, 0.15) is 36.6 Å². The van der Waals surface area contributed by atoms with E-state index in [1.807, 2.05) is 35.7 Å². The minimum atomic E-state index is -0.963. The van der Waals surface area contributed by atoms with Crippen molar-refractivity contribution in [3.05, 3.63) is 69.7 Å². The van der Waals surface area contributed by atoms with Gasteiger partial charge in [-0.05, 0) is 79.5 Å². The number of aliphatic hydroxyl groups is 1. The Morgan fingerprint density at radius 1 is 1.10 bits per heavy atom. The molecule has 3 atom stereocenters. The Bertz CT molecular complexity index is 922. The quantitative estimate of drug-likeness (QED) is 0.515. The predicted octanol–water partition coefficient (Wildman–Crippen LogP) is 6.11. The van der Waals surface area contributed by atoms with Crippen molar-refractivity contribution in [2.45, 2.75) is 37.2 Å². The second-order valence-electron chi connectivity index (χ2n) is 8.42. The smallest absolute Gasteiger partial charge is 0.180 e. The van der Waals surface area contributed by atoms with Gasteiger partial charge in [0.25, 0.3) is 0 Å². The number of ether oxygens (including phenoxy) is 1. The summed E-state index contributed by atoms with van der Waals surface area (Å²) in [7, 11) is 4.21. The third kappa shape index (κ3) is 3.66. The molecule has 0 spiro atoms. The van der Waals surface area contributed by atoms with Crippen LogP contribution in [0, 0.1) is 5.92 Å². The molecule has 2 heterocycles. The Morgan fingerprint density at radius 3 is 2.59 bits per heavy atom. The maximum absolute atomic E-state index is 12.5. The first-order chi connectivity index (χ1) is 14.0. The van der Waals surface area contributed by atoms with Gasteiger partial charge in [0.15, 0.2) is 5.06 Å². The molecule has 3 nitrogen and oxygen atoms in total. The molecule has 5 heteroatoms. The lowest BCUT2D eigenvalue weighted by atomic mass is 9.55. The topological polar surface area (TPSA) is 32.7 Å². The highest BCUT2D eigenvalue weighted by Gasteiger charge is 2.57. The van der Waals surface area contributed by atoms with Crippen LogP contribution in [0.4, 0.5) is 0 Å². The number of likely N-dealkylation sites (N-methyl/N-ethyl adjacent to an activating group) is 1. The van der Waals surface area contributed by atoms with Crippen molar-refractivity contribution in [3.8, 4) is 10.8 Å². The molecule has 0 aliphatic heterocycles. The molecule has 2 aromatic heterocycles. The minimum Gasteiger partial charge on any atom is -0.447 e. The van der Waals surface area contributed by atoms with Crippen LogP contribution in [-0.2, 0) is 11.0 Å². The first-order valence-electron chi connectivity index (χ1n) is 10.2. The monoisotopic (exact) mass is 427 g/mol. The normalized spacial score (nSPS) is 27.3. The zero-order valence-electron chi connectivity index (χ0n) is 17.3.